The maximum atomic E-state index is 12.7. The van der Waals surface area contributed by atoms with E-state index in [1.807, 2.05) is 37.6 Å². The van der Waals surface area contributed by atoms with Gasteiger partial charge in [0.05, 0.1) is 13.2 Å². The highest BCUT2D eigenvalue weighted by Crippen LogP contribution is 2.25. The van der Waals surface area contributed by atoms with Crippen molar-refractivity contribution in [2.45, 2.75) is 44.7 Å². The number of imidazole rings is 1. The standard InChI is InChI=1S/C21H28N4O2/c1-24-12-9-22-20(24)15-25-10-2-5-18(8-11-25)23-21(26)17-6-7-19-16(14-17)4-3-13-27-19/h6-7,9,12,14,18H,2-5,8,10-11,13,15H2,1H3,(H,23,26)/t18-/m0/s1. The molecule has 3 heterocycles. The minimum absolute atomic E-state index is 0.0333. The zero-order valence-electron chi connectivity index (χ0n) is 16.0. The molecule has 0 aliphatic carbocycles. The Morgan fingerprint density at radius 2 is 2.22 bits per heavy atom. The average Bonchev–Trinajstić information content (AvgIpc) is 2.96. The molecular formula is C21H28N4O2. The number of aromatic nitrogens is 2. The summed E-state index contributed by atoms with van der Waals surface area (Å²) in [5.74, 6) is 2.05. The first-order valence-corrected chi connectivity index (χ1v) is 9.94. The van der Waals surface area contributed by atoms with Gasteiger partial charge < -0.3 is 14.6 Å². The molecule has 0 spiro atoms. The summed E-state index contributed by atoms with van der Waals surface area (Å²) in [7, 11) is 2.03. The van der Waals surface area contributed by atoms with Crippen molar-refractivity contribution in [3.63, 3.8) is 0 Å². The van der Waals surface area contributed by atoms with Gasteiger partial charge in [-0.15, -0.1) is 0 Å². The fourth-order valence-electron chi connectivity index (χ4n) is 3.98. The van der Waals surface area contributed by atoms with Gasteiger partial charge in [0.15, 0.2) is 0 Å². The third-order valence-electron chi connectivity index (χ3n) is 5.61. The summed E-state index contributed by atoms with van der Waals surface area (Å²) >= 11 is 0. The largest absolute Gasteiger partial charge is 0.493 e. The first kappa shape index (κ1) is 18.0. The van der Waals surface area contributed by atoms with Gasteiger partial charge in [0.2, 0.25) is 0 Å². The molecule has 2 aromatic rings. The van der Waals surface area contributed by atoms with Crippen LogP contribution in [0.15, 0.2) is 30.6 Å². The number of likely N-dealkylation sites (tertiary alicyclic amines) is 1. The molecule has 1 amide bonds. The van der Waals surface area contributed by atoms with E-state index in [0.717, 1.165) is 81.0 Å². The molecule has 27 heavy (non-hydrogen) atoms. The number of hydrogen-bond acceptors (Lipinski definition) is 4. The van der Waals surface area contributed by atoms with E-state index in [9.17, 15) is 4.79 Å². The minimum atomic E-state index is 0.0333. The van der Waals surface area contributed by atoms with Gasteiger partial charge in [0, 0.05) is 37.6 Å². The van der Waals surface area contributed by atoms with Crippen LogP contribution in [0.5, 0.6) is 5.75 Å². The number of rotatable bonds is 4. The van der Waals surface area contributed by atoms with E-state index in [1.165, 1.54) is 0 Å². The number of hydrogen-bond donors (Lipinski definition) is 1. The van der Waals surface area contributed by atoms with Crippen LogP contribution in [0.1, 0.15) is 47.4 Å². The van der Waals surface area contributed by atoms with E-state index in [1.54, 1.807) is 0 Å². The predicted molar refractivity (Wildman–Crippen MR) is 104 cm³/mol. The normalized spacial score (nSPS) is 20.4. The Kier molecular flexibility index (Phi) is 5.43. The zero-order chi connectivity index (χ0) is 18.6. The van der Waals surface area contributed by atoms with Crippen LogP contribution in [0, 0.1) is 0 Å². The highest BCUT2D eigenvalue weighted by atomic mass is 16.5. The molecule has 6 nitrogen and oxygen atoms in total. The van der Waals surface area contributed by atoms with Crippen molar-refractivity contribution in [2.24, 2.45) is 7.05 Å². The van der Waals surface area contributed by atoms with Gasteiger partial charge in [-0.2, -0.15) is 0 Å². The lowest BCUT2D eigenvalue weighted by Crippen LogP contribution is -2.36. The Balaban J connectivity index is 1.33. The summed E-state index contributed by atoms with van der Waals surface area (Å²) in [5.41, 5.74) is 1.89. The van der Waals surface area contributed by atoms with Crippen molar-refractivity contribution in [3.05, 3.63) is 47.5 Å². The van der Waals surface area contributed by atoms with Gasteiger partial charge in [0.1, 0.15) is 11.6 Å². The molecule has 1 saturated heterocycles. The van der Waals surface area contributed by atoms with Crippen LogP contribution in [0.4, 0.5) is 0 Å². The Bertz CT molecular complexity index is 801. The smallest absolute Gasteiger partial charge is 0.251 e. The molecule has 1 atom stereocenters. The van der Waals surface area contributed by atoms with Crippen LogP contribution in [-0.2, 0) is 20.0 Å². The van der Waals surface area contributed by atoms with E-state index in [-0.39, 0.29) is 11.9 Å². The second kappa shape index (κ2) is 8.13. The van der Waals surface area contributed by atoms with Gasteiger partial charge in [-0.05, 0) is 62.4 Å². The number of ether oxygens (including phenoxy) is 1. The molecule has 0 saturated carbocycles. The number of fused-ring (bicyclic) bond motifs is 1. The summed E-state index contributed by atoms with van der Waals surface area (Å²) in [5, 5.41) is 3.25. The summed E-state index contributed by atoms with van der Waals surface area (Å²) < 4.78 is 7.72. The summed E-state index contributed by atoms with van der Waals surface area (Å²) in [4.78, 5) is 19.6. The topological polar surface area (TPSA) is 59.4 Å². The number of aryl methyl sites for hydroxylation is 2. The fourth-order valence-corrected chi connectivity index (χ4v) is 3.98. The lowest BCUT2D eigenvalue weighted by molar-refractivity contribution is 0.0933. The second-order valence-electron chi connectivity index (χ2n) is 7.61. The number of carbonyl (C=O) groups is 1. The zero-order valence-corrected chi connectivity index (χ0v) is 16.0. The van der Waals surface area contributed by atoms with Gasteiger partial charge in [0.25, 0.3) is 5.91 Å². The van der Waals surface area contributed by atoms with Crippen molar-refractivity contribution >= 4 is 5.91 Å². The molecule has 4 rings (SSSR count). The monoisotopic (exact) mass is 368 g/mol. The molecule has 0 radical (unpaired) electrons. The lowest BCUT2D eigenvalue weighted by Gasteiger charge is -2.21. The number of benzene rings is 1. The number of nitrogens with one attached hydrogen (secondary N) is 1. The Hall–Kier alpha value is -2.34. The number of nitrogens with zero attached hydrogens (tertiary/aromatic N) is 3. The minimum Gasteiger partial charge on any atom is -0.493 e. The van der Waals surface area contributed by atoms with E-state index in [4.69, 9.17) is 4.74 Å². The average molecular weight is 368 g/mol. The Labute approximate surface area is 160 Å². The highest BCUT2D eigenvalue weighted by molar-refractivity contribution is 5.94. The third-order valence-corrected chi connectivity index (χ3v) is 5.61. The third kappa shape index (κ3) is 4.33. The van der Waals surface area contributed by atoms with Gasteiger partial charge >= 0.3 is 0 Å². The summed E-state index contributed by atoms with van der Waals surface area (Å²) in [6.45, 7) is 3.68. The van der Waals surface area contributed by atoms with Crippen LogP contribution in [-0.4, -0.2) is 46.1 Å². The maximum Gasteiger partial charge on any atom is 0.251 e. The Morgan fingerprint density at radius 3 is 3.07 bits per heavy atom. The second-order valence-corrected chi connectivity index (χ2v) is 7.61. The molecule has 2 aliphatic heterocycles. The van der Waals surface area contributed by atoms with Crippen molar-refractivity contribution in [1.82, 2.24) is 19.8 Å². The SMILES string of the molecule is Cn1ccnc1CN1CCC[C@H](NC(=O)c2ccc3c(c2)CCCO3)CC1. The molecule has 1 fully saturated rings. The van der Waals surface area contributed by atoms with E-state index in [0.29, 0.717) is 0 Å². The van der Waals surface area contributed by atoms with Crippen molar-refractivity contribution < 1.29 is 9.53 Å². The van der Waals surface area contributed by atoms with Crippen LogP contribution in [0.3, 0.4) is 0 Å². The van der Waals surface area contributed by atoms with Crippen molar-refractivity contribution in [1.29, 1.82) is 0 Å². The molecular weight excluding hydrogens is 340 g/mol. The maximum absolute atomic E-state index is 12.7. The molecule has 1 aromatic heterocycles. The van der Waals surface area contributed by atoms with Crippen LogP contribution in [0.2, 0.25) is 0 Å². The van der Waals surface area contributed by atoms with Crippen LogP contribution in [0.25, 0.3) is 0 Å². The van der Waals surface area contributed by atoms with Crippen LogP contribution < -0.4 is 10.1 Å². The summed E-state index contributed by atoms with van der Waals surface area (Å²) in [6.07, 6.45) is 8.93. The highest BCUT2D eigenvalue weighted by Gasteiger charge is 2.21. The van der Waals surface area contributed by atoms with Crippen molar-refractivity contribution in [3.8, 4) is 5.75 Å². The van der Waals surface area contributed by atoms with Gasteiger partial charge in [-0.25, -0.2) is 4.98 Å². The molecule has 144 valence electrons. The molecule has 1 N–H and O–H groups in total. The van der Waals surface area contributed by atoms with E-state index < -0.39 is 0 Å². The summed E-state index contributed by atoms with van der Waals surface area (Å²) in [6, 6.07) is 6.04. The van der Waals surface area contributed by atoms with Gasteiger partial charge in [-0.3, -0.25) is 9.69 Å². The first-order chi connectivity index (χ1) is 13.2. The Morgan fingerprint density at radius 1 is 1.30 bits per heavy atom. The van der Waals surface area contributed by atoms with E-state index >= 15 is 0 Å². The fraction of sp³-hybridized carbons (Fsp3) is 0.524. The molecule has 0 bridgehead atoms. The van der Waals surface area contributed by atoms with Crippen LogP contribution >= 0.6 is 0 Å². The molecule has 2 aliphatic rings. The van der Waals surface area contributed by atoms with E-state index in [2.05, 4.69) is 19.8 Å². The van der Waals surface area contributed by atoms with Gasteiger partial charge in [-0.1, -0.05) is 0 Å². The first-order valence-electron chi connectivity index (χ1n) is 9.94. The molecule has 0 unspecified atom stereocenters. The number of carbonyl (C=O) groups excluding carboxylic acids is 1. The quantitative estimate of drug-likeness (QED) is 0.901. The lowest BCUT2D eigenvalue weighted by atomic mass is 10.0. The molecule has 1 aromatic carbocycles. The predicted octanol–water partition coefficient (Wildman–Crippen LogP) is 2.53. The number of amides is 1. The molecule has 6 heteroatoms. The van der Waals surface area contributed by atoms with Crippen molar-refractivity contribution in [2.75, 3.05) is 19.7 Å².